The summed E-state index contributed by atoms with van der Waals surface area (Å²) in [5.74, 6) is -0.710. The van der Waals surface area contributed by atoms with Crippen LogP contribution in [0.2, 0.25) is 0 Å². The number of allylic oxidation sites excluding steroid dienone is 4. The number of halogens is 3. The van der Waals surface area contributed by atoms with Crippen molar-refractivity contribution in [3.05, 3.63) is 75.4 Å². The van der Waals surface area contributed by atoms with Crippen LogP contribution in [0.1, 0.15) is 50.3 Å². The number of alkyl halides is 3. The minimum absolute atomic E-state index is 0.00819. The lowest BCUT2D eigenvalue weighted by Crippen LogP contribution is -2.07. The highest BCUT2D eigenvalue weighted by Crippen LogP contribution is 2.48. The van der Waals surface area contributed by atoms with Crippen LogP contribution in [-0.2, 0) is 6.18 Å². The maximum absolute atomic E-state index is 13.3. The molecule has 0 fully saturated rings. The van der Waals surface area contributed by atoms with E-state index in [1.54, 1.807) is 6.07 Å². The second-order valence-corrected chi connectivity index (χ2v) is 7.34. The molecule has 0 atom stereocenters. The standard InChI is InChI=1S/C23H23F3O/c1-12-9-10-17(18-7-6-8-20(22(18)27)23(24,25)26)19(11-12)21-15(4)13(2)14(3)16(21)5/h6-11,21,27H,1-5H3. The quantitative estimate of drug-likeness (QED) is 0.593. The second kappa shape index (κ2) is 6.59. The first-order valence-corrected chi connectivity index (χ1v) is 8.89. The highest BCUT2D eigenvalue weighted by molar-refractivity contribution is 5.77. The van der Waals surface area contributed by atoms with Gasteiger partial charge in [-0.05, 0) is 63.0 Å². The van der Waals surface area contributed by atoms with Gasteiger partial charge in [-0.2, -0.15) is 13.2 Å². The lowest BCUT2D eigenvalue weighted by atomic mass is 9.82. The first-order valence-electron chi connectivity index (χ1n) is 8.89. The summed E-state index contributed by atoms with van der Waals surface area (Å²) in [4.78, 5) is 0. The largest absolute Gasteiger partial charge is 0.507 e. The Morgan fingerprint density at radius 1 is 0.815 bits per heavy atom. The second-order valence-electron chi connectivity index (χ2n) is 7.34. The molecule has 0 aromatic heterocycles. The van der Waals surface area contributed by atoms with Crippen LogP contribution in [-0.4, -0.2) is 5.11 Å². The van der Waals surface area contributed by atoms with E-state index in [9.17, 15) is 18.3 Å². The molecule has 1 aliphatic carbocycles. The lowest BCUT2D eigenvalue weighted by Gasteiger charge is -2.22. The summed E-state index contributed by atoms with van der Waals surface area (Å²) in [6.07, 6.45) is -4.60. The predicted molar refractivity (Wildman–Crippen MR) is 103 cm³/mol. The Hall–Kier alpha value is -2.49. The van der Waals surface area contributed by atoms with Gasteiger partial charge in [0.05, 0.1) is 5.56 Å². The van der Waals surface area contributed by atoms with E-state index >= 15 is 0 Å². The van der Waals surface area contributed by atoms with E-state index in [1.807, 2.05) is 25.1 Å². The molecule has 0 saturated carbocycles. The van der Waals surface area contributed by atoms with Crippen molar-refractivity contribution < 1.29 is 18.3 Å². The number of phenolic OH excluding ortho intramolecular Hbond substituents is 1. The normalized spacial score (nSPS) is 15.9. The van der Waals surface area contributed by atoms with Gasteiger partial charge < -0.3 is 5.11 Å². The molecule has 0 bridgehead atoms. The molecule has 2 aromatic carbocycles. The lowest BCUT2D eigenvalue weighted by molar-refractivity contribution is -0.138. The number of aromatic hydroxyl groups is 1. The molecule has 0 saturated heterocycles. The molecular formula is C23H23F3O. The summed E-state index contributed by atoms with van der Waals surface area (Å²) < 4.78 is 39.8. The number of aryl methyl sites for hydroxylation is 1. The Balaban J connectivity index is 2.27. The van der Waals surface area contributed by atoms with Crippen LogP contribution in [0.15, 0.2) is 58.7 Å². The summed E-state index contributed by atoms with van der Waals surface area (Å²) in [5.41, 5.74) is 6.63. The van der Waals surface area contributed by atoms with Crippen LogP contribution >= 0.6 is 0 Å². The fourth-order valence-electron chi connectivity index (χ4n) is 3.97. The summed E-state index contributed by atoms with van der Waals surface area (Å²) in [6, 6.07) is 9.49. The third kappa shape index (κ3) is 3.18. The molecule has 3 rings (SSSR count). The van der Waals surface area contributed by atoms with Gasteiger partial charge in [0.25, 0.3) is 0 Å². The van der Waals surface area contributed by atoms with Crippen LogP contribution < -0.4 is 0 Å². The van der Waals surface area contributed by atoms with E-state index in [0.29, 0.717) is 5.56 Å². The summed E-state index contributed by atoms with van der Waals surface area (Å²) in [5, 5.41) is 10.4. The van der Waals surface area contributed by atoms with Crippen molar-refractivity contribution in [2.45, 2.75) is 46.7 Å². The van der Waals surface area contributed by atoms with Gasteiger partial charge in [0.2, 0.25) is 0 Å². The van der Waals surface area contributed by atoms with Crippen LogP contribution in [0.4, 0.5) is 13.2 Å². The van der Waals surface area contributed by atoms with Crippen LogP contribution in [0, 0.1) is 6.92 Å². The van der Waals surface area contributed by atoms with Crippen molar-refractivity contribution in [2.24, 2.45) is 0 Å². The first-order chi connectivity index (χ1) is 12.5. The maximum Gasteiger partial charge on any atom is 0.419 e. The van der Waals surface area contributed by atoms with E-state index in [1.165, 1.54) is 28.4 Å². The zero-order valence-corrected chi connectivity index (χ0v) is 16.1. The fraction of sp³-hybridized carbons (Fsp3) is 0.304. The monoisotopic (exact) mass is 372 g/mol. The van der Waals surface area contributed by atoms with E-state index < -0.39 is 17.5 Å². The fourth-order valence-corrected chi connectivity index (χ4v) is 3.97. The minimum atomic E-state index is -4.60. The van der Waals surface area contributed by atoms with Gasteiger partial charge in [-0.1, -0.05) is 47.0 Å². The highest BCUT2D eigenvalue weighted by atomic mass is 19.4. The smallest absolute Gasteiger partial charge is 0.419 e. The minimum Gasteiger partial charge on any atom is -0.507 e. The van der Waals surface area contributed by atoms with Gasteiger partial charge in [-0.25, -0.2) is 0 Å². The van der Waals surface area contributed by atoms with E-state index in [-0.39, 0.29) is 11.5 Å². The SMILES string of the molecule is CC1=C(C)C(c2cc(C)ccc2-c2cccc(C(F)(F)F)c2O)C(C)=C1C. The van der Waals surface area contributed by atoms with Gasteiger partial charge in [-0.3, -0.25) is 0 Å². The molecule has 1 N–H and O–H groups in total. The average molecular weight is 372 g/mol. The van der Waals surface area contributed by atoms with Crippen LogP contribution in [0.5, 0.6) is 5.75 Å². The number of hydrogen-bond acceptors (Lipinski definition) is 1. The summed E-state index contributed by atoms with van der Waals surface area (Å²) >= 11 is 0. The van der Waals surface area contributed by atoms with Gasteiger partial charge in [0, 0.05) is 11.5 Å². The van der Waals surface area contributed by atoms with Gasteiger partial charge in [-0.15, -0.1) is 0 Å². The number of rotatable bonds is 2. The molecule has 27 heavy (non-hydrogen) atoms. The first kappa shape index (κ1) is 19.3. The number of phenols is 1. The molecule has 0 heterocycles. The molecule has 0 unspecified atom stereocenters. The van der Waals surface area contributed by atoms with E-state index in [2.05, 4.69) is 27.7 Å². The number of benzene rings is 2. The molecule has 0 spiro atoms. The molecule has 4 heteroatoms. The Kier molecular flexibility index (Phi) is 4.71. The average Bonchev–Trinajstić information content (AvgIpc) is 2.78. The van der Waals surface area contributed by atoms with Crippen molar-refractivity contribution in [1.29, 1.82) is 0 Å². The van der Waals surface area contributed by atoms with Crippen LogP contribution in [0.25, 0.3) is 11.1 Å². The van der Waals surface area contributed by atoms with Crippen molar-refractivity contribution in [3.63, 3.8) is 0 Å². The van der Waals surface area contributed by atoms with Crippen molar-refractivity contribution in [2.75, 3.05) is 0 Å². The third-order valence-electron chi connectivity index (χ3n) is 5.76. The third-order valence-corrected chi connectivity index (χ3v) is 5.76. The van der Waals surface area contributed by atoms with Crippen LogP contribution in [0.3, 0.4) is 0 Å². The zero-order valence-electron chi connectivity index (χ0n) is 16.1. The summed E-state index contributed by atoms with van der Waals surface area (Å²) in [7, 11) is 0. The number of hydrogen-bond donors (Lipinski definition) is 1. The molecule has 0 radical (unpaired) electrons. The summed E-state index contributed by atoms with van der Waals surface area (Å²) in [6.45, 7) is 10.2. The van der Waals surface area contributed by atoms with E-state index in [4.69, 9.17) is 0 Å². The van der Waals surface area contributed by atoms with Gasteiger partial charge in [0.1, 0.15) is 5.75 Å². The highest BCUT2D eigenvalue weighted by Gasteiger charge is 2.35. The molecule has 1 nitrogen and oxygen atoms in total. The molecule has 2 aromatic rings. The molecule has 142 valence electrons. The topological polar surface area (TPSA) is 20.2 Å². The van der Waals surface area contributed by atoms with Crippen molar-refractivity contribution in [1.82, 2.24) is 0 Å². The molecule has 0 amide bonds. The van der Waals surface area contributed by atoms with Gasteiger partial charge in [0.15, 0.2) is 0 Å². The zero-order chi connectivity index (χ0) is 20.1. The Morgan fingerprint density at radius 3 is 1.96 bits per heavy atom. The van der Waals surface area contributed by atoms with E-state index in [0.717, 1.165) is 17.2 Å². The van der Waals surface area contributed by atoms with Gasteiger partial charge >= 0.3 is 6.18 Å². The number of para-hydroxylation sites is 1. The Bertz CT molecular complexity index is 954. The Labute approximate surface area is 157 Å². The van der Waals surface area contributed by atoms with Crippen molar-refractivity contribution in [3.8, 4) is 16.9 Å². The molecular weight excluding hydrogens is 349 g/mol. The molecule has 0 aliphatic heterocycles. The van der Waals surface area contributed by atoms with Crippen molar-refractivity contribution >= 4 is 0 Å². The predicted octanol–water partition coefficient (Wildman–Crippen LogP) is 7.16. The Morgan fingerprint density at radius 2 is 1.41 bits per heavy atom. The maximum atomic E-state index is 13.3. The molecule has 1 aliphatic rings.